The van der Waals surface area contributed by atoms with E-state index in [4.69, 9.17) is 5.11 Å². The van der Waals surface area contributed by atoms with Gasteiger partial charge in [-0.2, -0.15) is 0 Å². The summed E-state index contributed by atoms with van der Waals surface area (Å²) in [7, 11) is 0. The van der Waals surface area contributed by atoms with Crippen LogP contribution in [0.15, 0.2) is 24.3 Å². The number of benzene rings is 1. The number of nitrogens with one attached hydrogen (secondary N) is 1. The molecule has 1 unspecified atom stereocenters. The summed E-state index contributed by atoms with van der Waals surface area (Å²) in [5.41, 5.74) is 0.420. The first-order chi connectivity index (χ1) is 8.58. The van der Waals surface area contributed by atoms with E-state index in [0.717, 1.165) is 0 Å². The molecule has 2 amide bonds. The van der Waals surface area contributed by atoms with Gasteiger partial charge in [0.2, 0.25) is 0 Å². The topological polar surface area (TPSA) is 69.6 Å². The van der Waals surface area contributed by atoms with Crippen LogP contribution in [0.2, 0.25) is 0 Å². The number of urea groups is 1. The Balaban J connectivity index is 2.04. The van der Waals surface area contributed by atoms with Gasteiger partial charge < -0.3 is 15.3 Å². The van der Waals surface area contributed by atoms with Gasteiger partial charge in [0.05, 0.1) is 12.5 Å². The minimum atomic E-state index is -0.961. The Kier molecular flexibility index (Phi) is 3.45. The van der Waals surface area contributed by atoms with Gasteiger partial charge in [0, 0.05) is 18.7 Å². The number of carbonyl (C=O) groups is 2. The molecule has 0 saturated carbocycles. The second-order valence-corrected chi connectivity index (χ2v) is 4.11. The molecule has 1 aliphatic rings. The van der Waals surface area contributed by atoms with Crippen LogP contribution in [0, 0.1) is 5.82 Å². The molecular formula is C12H13FN2O3. The molecule has 0 spiro atoms. The van der Waals surface area contributed by atoms with Gasteiger partial charge in [-0.1, -0.05) is 18.2 Å². The third-order valence-electron chi connectivity index (χ3n) is 2.86. The molecule has 1 aromatic carbocycles. The first kappa shape index (κ1) is 12.3. The molecule has 1 heterocycles. The molecule has 1 aromatic rings. The molecule has 6 heteroatoms. The van der Waals surface area contributed by atoms with E-state index in [0.29, 0.717) is 5.56 Å². The lowest BCUT2D eigenvalue weighted by Gasteiger charge is -2.13. The molecule has 0 aliphatic carbocycles. The van der Waals surface area contributed by atoms with Crippen molar-refractivity contribution in [2.24, 2.45) is 0 Å². The van der Waals surface area contributed by atoms with Gasteiger partial charge in [-0.25, -0.2) is 9.18 Å². The van der Waals surface area contributed by atoms with Crippen LogP contribution in [-0.4, -0.2) is 35.1 Å². The van der Waals surface area contributed by atoms with Crippen molar-refractivity contribution in [2.75, 3.05) is 13.1 Å². The number of carboxylic acid groups (broad SMARTS) is 1. The first-order valence-electron chi connectivity index (χ1n) is 5.59. The van der Waals surface area contributed by atoms with E-state index in [2.05, 4.69) is 5.32 Å². The Bertz CT molecular complexity index is 478. The van der Waals surface area contributed by atoms with Crippen LogP contribution >= 0.6 is 0 Å². The van der Waals surface area contributed by atoms with E-state index in [1.165, 1.54) is 11.0 Å². The fourth-order valence-electron chi connectivity index (χ4n) is 1.95. The van der Waals surface area contributed by atoms with Crippen LogP contribution in [-0.2, 0) is 4.79 Å². The average molecular weight is 252 g/mol. The number of halogens is 1. The van der Waals surface area contributed by atoms with Gasteiger partial charge in [0.15, 0.2) is 0 Å². The predicted molar refractivity (Wildman–Crippen MR) is 61.5 cm³/mol. The zero-order valence-electron chi connectivity index (χ0n) is 9.60. The van der Waals surface area contributed by atoms with Crippen LogP contribution in [0.3, 0.4) is 0 Å². The van der Waals surface area contributed by atoms with Crippen LogP contribution < -0.4 is 5.32 Å². The molecule has 18 heavy (non-hydrogen) atoms. The largest absolute Gasteiger partial charge is 0.481 e. The van der Waals surface area contributed by atoms with E-state index >= 15 is 0 Å². The average Bonchev–Trinajstić information content (AvgIpc) is 2.68. The molecule has 1 saturated heterocycles. The number of carboxylic acids is 1. The Hall–Kier alpha value is -2.11. The number of carbonyl (C=O) groups excluding carboxylic acids is 1. The zero-order valence-corrected chi connectivity index (χ0v) is 9.60. The summed E-state index contributed by atoms with van der Waals surface area (Å²) in [6, 6.07) is 5.45. The van der Waals surface area contributed by atoms with Crippen molar-refractivity contribution in [3.8, 4) is 0 Å². The Labute approximate surface area is 103 Å². The minimum absolute atomic E-state index is 0.114. The van der Waals surface area contributed by atoms with Gasteiger partial charge in [0.1, 0.15) is 5.82 Å². The SMILES string of the molecule is O=C(O)CCN1CC(c2ccccc2F)NC1=O. The predicted octanol–water partition coefficient (Wildman–Crippen LogP) is 1.37. The summed E-state index contributed by atoms with van der Waals surface area (Å²) < 4.78 is 13.5. The number of aliphatic carboxylic acids is 1. The molecule has 5 nitrogen and oxygen atoms in total. The summed E-state index contributed by atoms with van der Waals surface area (Å²) in [5, 5.41) is 11.2. The molecule has 96 valence electrons. The van der Waals surface area contributed by atoms with Gasteiger partial charge in [-0.3, -0.25) is 4.79 Å². The monoisotopic (exact) mass is 252 g/mol. The number of rotatable bonds is 4. The van der Waals surface area contributed by atoms with E-state index < -0.39 is 12.0 Å². The van der Waals surface area contributed by atoms with Crippen molar-refractivity contribution in [3.05, 3.63) is 35.6 Å². The molecule has 0 bridgehead atoms. The quantitative estimate of drug-likeness (QED) is 0.850. The van der Waals surface area contributed by atoms with Crippen molar-refractivity contribution in [1.29, 1.82) is 0 Å². The van der Waals surface area contributed by atoms with Crippen LogP contribution in [0.5, 0.6) is 0 Å². The van der Waals surface area contributed by atoms with E-state index in [1.807, 2.05) is 0 Å². The molecule has 1 aliphatic heterocycles. The summed E-state index contributed by atoms with van der Waals surface area (Å²) in [6.45, 7) is 0.416. The number of hydrogen-bond donors (Lipinski definition) is 2. The zero-order chi connectivity index (χ0) is 13.1. The van der Waals surface area contributed by atoms with Crippen LogP contribution in [0.25, 0.3) is 0 Å². The lowest BCUT2D eigenvalue weighted by molar-refractivity contribution is -0.137. The fraction of sp³-hybridized carbons (Fsp3) is 0.333. The smallest absolute Gasteiger partial charge is 0.318 e. The second kappa shape index (κ2) is 5.03. The molecular weight excluding hydrogens is 239 g/mol. The van der Waals surface area contributed by atoms with Gasteiger partial charge >= 0.3 is 12.0 Å². The lowest BCUT2D eigenvalue weighted by Crippen LogP contribution is -2.30. The van der Waals surface area contributed by atoms with Crippen molar-refractivity contribution < 1.29 is 19.1 Å². The van der Waals surface area contributed by atoms with Gasteiger partial charge in [0.25, 0.3) is 0 Å². The Morgan fingerprint density at radius 3 is 2.89 bits per heavy atom. The van der Waals surface area contributed by atoms with Crippen molar-refractivity contribution in [1.82, 2.24) is 10.2 Å². The first-order valence-corrected chi connectivity index (χ1v) is 5.59. The second-order valence-electron chi connectivity index (χ2n) is 4.11. The number of amides is 2. The highest BCUT2D eigenvalue weighted by Crippen LogP contribution is 2.22. The van der Waals surface area contributed by atoms with Gasteiger partial charge in [-0.15, -0.1) is 0 Å². The normalized spacial score (nSPS) is 18.8. The lowest BCUT2D eigenvalue weighted by atomic mass is 10.1. The summed E-state index contributed by atoms with van der Waals surface area (Å²) in [5.74, 6) is -1.33. The third-order valence-corrected chi connectivity index (χ3v) is 2.86. The molecule has 1 fully saturated rings. The maximum atomic E-state index is 13.5. The van der Waals surface area contributed by atoms with Gasteiger partial charge in [-0.05, 0) is 6.07 Å². The van der Waals surface area contributed by atoms with Crippen molar-refractivity contribution in [3.63, 3.8) is 0 Å². The maximum Gasteiger partial charge on any atom is 0.318 e. The molecule has 2 rings (SSSR count). The highest BCUT2D eigenvalue weighted by atomic mass is 19.1. The minimum Gasteiger partial charge on any atom is -0.481 e. The Morgan fingerprint density at radius 1 is 1.50 bits per heavy atom. The molecule has 0 radical (unpaired) electrons. The molecule has 1 atom stereocenters. The standard InChI is InChI=1S/C12H13FN2O3/c13-9-4-2-1-3-8(9)10-7-15(12(18)14-10)6-5-11(16)17/h1-4,10H,5-7H2,(H,14,18)(H,16,17). The molecule has 2 N–H and O–H groups in total. The number of nitrogens with zero attached hydrogens (tertiary/aromatic N) is 1. The number of hydrogen-bond acceptors (Lipinski definition) is 2. The summed E-state index contributed by atoms with van der Waals surface area (Å²) >= 11 is 0. The maximum absolute atomic E-state index is 13.5. The summed E-state index contributed by atoms with van der Waals surface area (Å²) in [4.78, 5) is 23.4. The van der Waals surface area contributed by atoms with E-state index in [1.54, 1.807) is 18.2 Å². The van der Waals surface area contributed by atoms with E-state index in [-0.39, 0.29) is 31.4 Å². The van der Waals surface area contributed by atoms with Crippen LogP contribution in [0.1, 0.15) is 18.0 Å². The van der Waals surface area contributed by atoms with E-state index in [9.17, 15) is 14.0 Å². The highest BCUT2D eigenvalue weighted by Gasteiger charge is 2.31. The highest BCUT2D eigenvalue weighted by molar-refractivity contribution is 5.78. The van der Waals surface area contributed by atoms with Crippen molar-refractivity contribution in [2.45, 2.75) is 12.5 Å². The van der Waals surface area contributed by atoms with Crippen LogP contribution in [0.4, 0.5) is 9.18 Å². The molecule has 0 aromatic heterocycles. The third kappa shape index (κ3) is 2.58. The Morgan fingerprint density at radius 2 is 2.22 bits per heavy atom. The van der Waals surface area contributed by atoms with Crippen molar-refractivity contribution >= 4 is 12.0 Å². The fourth-order valence-corrected chi connectivity index (χ4v) is 1.95. The summed E-state index contributed by atoms with van der Waals surface area (Å²) in [6.07, 6.45) is -0.114.